The van der Waals surface area contributed by atoms with E-state index >= 15 is 0 Å². The van der Waals surface area contributed by atoms with E-state index in [0.717, 1.165) is 17.7 Å². The van der Waals surface area contributed by atoms with Gasteiger partial charge < -0.3 is 4.74 Å². The van der Waals surface area contributed by atoms with Crippen LogP contribution in [-0.2, 0) is 6.42 Å². The van der Waals surface area contributed by atoms with Gasteiger partial charge >= 0.3 is 0 Å². The maximum Gasteiger partial charge on any atom is 0.125 e. The van der Waals surface area contributed by atoms with Gasteiger partial charge in [0.1, 0.15) is 11.9 Å². The van der Waals surface area contributed by atoms with Crippen molar-refractivity contribution in [1.29, 1.82) is 0 Å². The first-order chi connectivity index (χ1) is 6.81. The molecule has 1 aliphatic rings. The summed E-state index contributed by atoms with van der Waals surface area (Å²) in [7, 11) is 0. The fraction of sp³-hybridized carbons (Fsp3) is 0.400. The lowest BCUT2D eigenvalue weighted by atomic mass is 10.1. The SMILES string of the molecule is Cc1cccc2c1O[C@@H](CN=[N+]=[N-])C2. The Kier molecular flexibility index (Phi) is 2.29. The third-order valence-corrected chi connectivity index (χ3v) is 2.37. The summed E-state index contributed by atoms with van der Waals surface area (Å²) in [4.78, 5) is 2.73. The van der Waals surface area contributed by atoms with Crippen molar-refractivity contribution in [3.63, 3.8) is 0 Å². The summed E-state index contributed by atoms with van der Waals surface area (Å²) in [6.07, 6.45) is 0.859. The lowest BCUT2D eigenvalue weighted by Crippen LogP contribution is -2.16. The Labute approximate surface area is 82.1 Å². The number of para-hydroxylation sites is 1. The molecule has 1 aromatic rings. The molecular formula is C10H11N3O. The van der Waals surface area contributed by atoms with Crippen LogP contribution in [0.15, 0.2) is 23.3 Å². The maximum atomic E-state index is 8.20. The fourth-order valence-electron chi connectivity index (χ4n) is 1.73. The maximum absolute atomic E-state index is 8.20. The van der Waals surface area contributed by atoms with Crippen molar-refractivity contribution in [1.82, 2.24) is 0 Å². The van der Waals surface area contributed by atoms with Gasteiger partial charge in [-0.2, -0.15) is 0 Å². The standard InChI is InChI=1S/C10H11N3O/c1-7-3-2-4-8-5-9(6-12-13-11)14-10(7)8/h2-4,9H,5-6H2,1H3/t9-/m1/s1. The van der Waals surface area contributed by atoms with Crippen LogP contribution in [0.2, 0.25) is 0 Å². The number of benzene rings is 1. The highest BCUT2D eigenvalue weighted by molar-refractivity contribution is 5.43. The summed E-state index contributed by atoms with van der Waals surface area (Å²) in [5.41, 5.74) is 10.6. The van der Waals surface area contributed by atoms with Crippen molar-refractivity contribution in [3.8, 4) is 5.75 Å². The molecule has 0 aromatic heterocycles. The molecule has 1 aliphatic heterocycles. The van der Waals surface area contributed by atoms with Gasteiger partial charge in [-0.15, -0.1) is 0 Å². The van der Waals surface area contributed by atoms with E-state index in [2.05, 4.69) is 16.1 Å². The smallest absolute Gasteiger partial charge is 0.125 e. The molecule has 0 saturated heterocycles. The second kappa shape index (κ2) is 3.60. The molecule has 0 radical (unpaired) electrons. The molecule has 4 nitrogen and oxygen atoms in total. The first kappa shape index (κ1) is 8.91. The third-order valence-electron chi connectivity index (χ3n) is 2.37. The van der Waals surface area contributed by atoms with Crippen LogP contribution in [0.4, 0.5) is 0 Å². The zero-order valence-corrected chi connectivity index (χ0v) is 7.97. The molecule has 1 heterocycles. The summed E-state index contributed by atoms with van der Waals surface area (Å²) in [6.45, 7) is 2.43. The summed E-state index contributed by atoms with van der Waals surface area (Å²) >= 11 is 0. The molecule has 2 rings (SSSR count). The minimum Gasteiger partial charge on any atom is -0.489 e. The van der Waals surface area contributed by atoms with Crippen molar-refractivity contribution in [3.05, 3.63) is 39.8 Å². The van der Waals surface area contributed by atoms with Crippen LogP contribution in [0.1, 0.15) is 11.1 Å². The van der Waals surface area contributed by atoms with E-state index in [1.807, 2.05) is 19.1 Å². The van der Waals surface area contributed by atoms with Crippen molar-refractivity contribution >= 4 is 0 Å². The first-order valence-corrected chi connectivity index (χ1v) is 4.57. The number of nitrogens with zero attached hydrogens (tertiary/aromatic N) is 3. The van der Waals surface area contributed by atoms with Crippen molar-refractivity contribution in [2.75, 3.05) is 6.54 Å². The predicted molar refractivity (Wildman–Crippen MR) is 53.3 cm³/mol. The molecule has 0 spiro atoms. The Balaban J connectivity index is 2.17. The molecule has 1 atom stereocenters. The Morgan fingerprint density at radius 2 is 2.50 bits per heavy atom. The molecule has 0 fully saturated rings. The first-order valence-electron chi connectivity index (χ1n) is 4.57. The van der Waals surface area contributed by atoms with E-state index in [1.165, 1.54) is 5.56 Å². The zero-order valence-electron chi connectivity index (χ0n) is 7.97. The number of ether oxygens (including phenoxy) is 1. The Morgan fingerprint density at radius 1 is 1.64 bits per heavy atom. The molecule has 72 valence electrons. The molecule has 0 aliphatic carbocycles. The predicted octanol–water partition coefficient (Wildman–Crippen LogP) is 2.61. The van der Waals surface area contributed by atoms with Gasteiger partial charge in [-0.1, -0.05) is 23.3 Å². The normalized spacial score (nSPS) is 18.2. The Morgan fingerprint density at radius 3 is 3.21 bits per heavy atom. The molecule has 1 aromatic carbocycles. The highest BCUT2D eigenvalue weighted by atomic mass is 16.5. The van der Waals surface area contributed by atoms with E-state index in [1.54, 1.807) is 0 Å². The van der Waals surface area contributed by atoms with Crippen LogP contribution in [0.3, 0.4) is 0 Å². The number of aryl methyl sites for hydroxylation is 1. The van der Waals surface area contributed by atoms with Crippen LogP contribution < -0.4 is 4.74 Å². The average molecular weight is 189 g/mol. The van der Waals surface area contributed by atoms with Crippen molar-refractivity contribution < 1.29 is 4.74 Å². The van der Waals surface area contributed by atoms with Crippen molar-refractivity contribution in [2.45, 2.75) is 19.4 Å². The lowest BCUT2D eigenvalue weighted by Gasteiger charge is -2.07. The monoisotopic (exact) mass is 189 g/mol. The Bertz CT molecular complexity index is 396. The van der Waals surface area contributed by atoms with Crippen LogP contribution in [0.25, 0.3) is 10.4 Å². The Hall–Kier alpha value is -1.67. The van der Waals surface area contributed by atoms with E-state index in [0.29, 0.717) is 6.54 Å². The largest absolute Gasteiger partial charge is 0.489 e. The summed E-state index contributed by atoms with van der Waals surface area (Å²) in [6, 6.07) is 6.10. The van der Waals surface area contributed by atoms with Gasteiger partial charge in [0.2, 0.25) is 0 Å². The number of rotatable bonds is 2. The lowest BCUT2D eigenvalue weighted by molar-refractivity contribution is 0.240. The quantitative estimate of drug-likeness (QED) is 0.400. The van der Waals surface area contributed by atoms with Crippen LogP contribution >= 0.6 is 0 Å². The van der Waals surface area contributed by atoms with Gasteiger partial charge in [0.25, 0.3) is 0 Å². The molecular weight excluding hydrogens is 178 g/mol. The van der Waals surface area contributed by atoms with Gasteiger partial charge in [0.05, 0.1) is 6.54 Å². The number of fused-ring (bicyclic) bond motifs is 1. The molecule has 0 amide bonds. The topological polar surface area (TPSA) is 58.0 Å². The molecule has 0 saturated carbocycles. The summed E-state index contributed by atoms with van der Waals surface area (Å²) < 4.78 is 5.67. The van der Waals surface area contributed by atoms with Gasteiger partial charge in [-0.25, -0.2) is 0 Å². The molecule has 14 heavy (non-hydrogen) atoms. The van der Waals surface area contributed by atoms with Crippen LogP contribution in [-0.4, -0.2) is 12.6 Å². The van der Waals surface area contributed by atoms with Crippen LogP contribution in [0.5, 0.6) is 5.75 Å². The van der Waals surface area contributed by atoms with Gasteiger partial charge in [0.15, 0.2) is 0 Å². The zero-order chi connectivity index (χ0) is 9.97. The van der Waals surface area contributed by atoms with Gasteiger partial charge in [-0.05, 0) is 23.6 Å². The molecule has 4 heteroatoms. The van der Waals surface area contributed by atoms with E-state index < -0.39 is 0 Å². The molecule has 0 bridgehead atoms. The minimum atomic E-state index is 0.0157. The molecule has 0 unspecified atom stereocenters. The highest BCUT2D eigenvalue weighted by Gasteiger charge is 2.22. The van der Waals surface area contributed by atoms with Gasteiger partial charge in [0, 0.05) is 11.3 Å². The van der Waals surface area contributed by atoms with E-state index in [-0.39, 0.29) is 6.10 Å². The minimum absolute atomic E-state index is 0.0157. The van der Waals surface area contributed by atoms with Gasteiger partial charge in [-0.3, -0.25) is 0 Å². The van der Waals surface area contributed by atoms with Crippen molar-refractivity contribution in [2.24, 2.45) is 5.11 Å². The number of hydrogen-bond donors (Lipinski definition) is 0. The summed E-state index contributed by atoms with van der Waals surface area (Å²) in [5.74, 6) is 0.964. The number of hydrogen-bond acceptors (Lipinski definition) is 2. The number of azide groups is 1. The second-order valence-corrected chi connectivity index (χ2v) is 3.42. The average Bonchev–Trinajstić information content (AvgIpc) is 2.59. The van der Waals surface area contributed by atoms with E-state index in [4.69, 9.17) is 10.3 Å². The third kappa shape index (κ3) is 1.52. The second-order valence-electron chi connectivity index (χ2n) is 3.42. The highest BCUT2D eigenvalue weighted by Crippen LogP contribution is 2.31. The summed E-state index contributed by atoms with van der Waals surface area (Å²) in [5, 5.41) is 3.52. The van der Waals surface area contributed by atoms with E-state index in [9.17, 15) is 0 Å². The van der Waals surface area contributed by atoms with Crippen LogP contribution in [0, 0.1) is 6.92 Å². The fourth-order valence-corrected chi connectivity index (χ4v) is 1.73. The molecule has 0 N–H and O–H groups in total.